The van der Waals surface area contributed by atoms with Crippen molar-refractivity contribution in [2.75, 3.05) is 4.72 Å². The Morgan fingerprint density at radius 1 is 1.26 bits per heavy atom. The Balaban J connectivity index is 2.49. The number of rotatable bonds is 3. The number of para-hydroxylation sites is 1. The molecule has 1 aromatic heterocycles. The van der Waals surface area contributed by atoms with Crippen molar-refractivity contribution in [1.29, 1.82) is 0 Å². The second-order valence-corrected chi connectivity index (χ2v) is 6.33. The molecule has 2 rings (SSSR count). The Labute approximate surface area is 117 Å². The number of halogens is 1. The lowest BCUT2D eigenvalue weighted by atomic mass is 10.2. The summed E-state index contributed by atoms with van der Waals surface area (Å²) in [6.07, 6.45) is 0. The molecule has 2 N–H and O–H groups in total. The number of aryl methyl sites for hydroxylation is 3. The van der Waals surface area contributed by atoms with Crippen molar-refractivity contribution < 1.29 is 8.42 Å². The standard InChI is InChI=1S/C12H14ClN3O2S/c1-7-5-4-6-10(13)11(7)16-19(17,18)12-8(2)14-15-9(12)3/h4-6,16H,1-3H3,(H,14,15). The first-order valence-electron chi connectivity index (χ1n) is 5.62. The topological polar surface area (TPSA) is 74.8 Å². The van der Waals surface area contributed by atoms with Crippen LogP contribution in [0, 0.1) is 20.8 Å². The van der Waals surface area contributed by atoms with E-state index in [1.54, 1.807) is 39.0 Å². The summed E-state index contributed by atoms with van der Waals surface area (Å²) in [5, 5.41) is 6.91. The van der Waals surface area contributed by atoms with Gasteiger partial charge in [0.15, 0.2) is 0 Å². The average Bonchev–Trinajstić information content (AvgIpc) is 2.64. The van der Waals surface area contributed by atoms with Crippen molar-refractivity contribution in [3.8, 4) is 0 Å². The molecule has 102 valence electrons. The molecule has 5 nitrogen and oxygen atoms in total. The van der Waals surface area contributed by atoms with Crippen molar-refractivity contribution in [3.05, 3.63) is 40.2 Å². The monoisotopic (exact) mass is 299 g/mol. The van der Waals surface area contributed by atoms with Gasteiger partial charge in [0.2, 0.25) is 0 Å². The summed E-state index contributed by atoms with van der Waals surface area (Å²) in [6, 6.07) is 5.20. The van der Waals surface area contributed by atoms with Gasteiger partial charge in [-0.2, -0.15) is 5.10 Å². The fourth-order valence-corrected chi connectivity index (χ4v) is 3.73. The van der Waals surface area contributed by atoms with Crippen molar-refractivity contribution in [2.24, 2.45) is 0 Å². The molecule has 0 bridgehead atoms. The molecule has 0 radical (unpaired) electrons. The minimum atomic E-state index is -3.70. The molecule has 0 aliphatic heterocycles. The van der Waals surface area contributed by atoms with E-state index in [-0.39, 0.29) is 4.90 Å². The molecule has 0 aliphatic carbocycles. The van der Waals surface area contributed by atoms with Crippen LogP contribution in [0.1, 0.15) is 17.0 Å². The van der Waals surface area contributed by atoms with Crippen LogP contribution >= 0.6 is 11.6 Å². The Morgan fingerprint density at radius 2 is 1.95 bits per heavy atom. The van der Waals surface area contributed by atoms with Gasteiger partial charge in [0.05, 0.1) is 22.1 Å². The number of hydrogen-bond acceptors (Lipinski definition) is 3. The molecular formula is C12H14ClN3O2S. The zero-order valence-electron chi connectivity index (χ0n) is 10.8. The van der Waals surface area contributed by atoms with E-state index in [4.69, 9.17) is 11.6 Å². The third kappa shape index (κ3) is 2.59. The molecule has 0 aliphatic rings. The zero-order chi connectivity index (χ0) is 14.2. The number of nitrogens with one attached hydrogen (secondary N) is 2. The lowest BCUT2D eigenvalue weighted by Gasteiger charge is -2.12. The Morgan fingerprint density at radius 3 is 2.47 bits per heavy atom. The van der Waals surface area contributed by atoms with Gasteiger partial charge in [-0.3, -0.25) is 9.82 Å². The summed E-state index contributed by atoms with van der Waals surface area (Å²) in [5.74, 6) is 0. The SMILES string of the molecule is Cc1cccc(Cl)c1NS(=O)(=O)c1c(C)n[nH]c1C. The Bertz CT molecular complexity index is 683. The van der Waals surface area contributed by atoms with Gasteiger partial charge in [-0.15, -0.1) is 0 Å². The minimum absolute atomic E-state index is 0.159. The number of hydrogen-bond donors (Lipinski definition) is 2. The lowest BCUT2D eigenvalue weighted by molar-refractivity contribution is 0.600. The van der Waals surface area contributed by atoms with E-state index in [1.165, 1.54) is 0 Å². The van der Waals surface area contributed by atoms with Gasteiger partial charge in [0, 0.05) is 0 Å². The molecule has 0 fully saturated rings. The second-order valence-electron chi connectivity index (χ2n) is 4.30. The van der Waals surface area contributed by atoms with E-state index in [1.807, 2.05) is 0 Å². The first kappa shape index (κ1) is 13.9. The summed E-state index contributed by atoms with van der Waals surface area (Å²) < 4.78 is 27.3. The van der Waals surface area contributed by atoms with Gasteiger partial charge >= 0.3 is 0 Å². The second kappa shape index (κ2) is 4.86. The maximum absolute atomic E-state index is 12.4. The third-order valence-electron chi connectivity index (χ3n) is 2.79. The Hall–Kier alpha value is -1.53. The number of anilines is 1. The van der Waals surface area contributed by atoms with Gasteiger partial charge in [0.1, 0.15) is 4.90 Å². The normalized spacial score (nSPS) is 11.6. The lowest BCUT2D eigenvalue weighted by Crippen LogP contribution is -2.15. The van der Waals surface area contributed by atoms with Gasteiger partial charge in [-0.05, 0) is 32.4 Å². The van der Waals surface area contributed by atoms with Crippen LogP contribution in [0.2, 0.25) is 5.02 Å². The van der Waals surface area contributed by atoms with E-state index in [0.717, 1.165) is 5.56 Å². The van der Waals surface area contributed by atoms with Crippen LogP contribution in [0.15, 0.2) is 23.1 Å². The van der Waals surface area contributed by atoms with E-state index < -0.39 is 10.0 Å². The molecule has 0 atom stereocenters. The summed E-state index contributed by atoms with van der Waals surface area (Å²) in [7, 11) is -3.70. The highest BCUT2D eigenvalue weighted by molar-refractivity contribution is 7.92. The molecule has 7 heteroatoms. The smallest absolute Gasteiger partial charge is 0.265 e. The van der Waals surface area contributed by atoms with Crippen LogP contribution < -0.4 is 4.72 Å². The number of sulfonamides is 1. The van der Waals surface area contributed by atoms with Crippen molar-refractivity contribution in [3.63, 3.8) is 0 Å². The highest BCUT2D eigenvalue weighted by Crippen LogP contribution is 2.29. The number of aromatic amines is 1. The molecule has 0 unspecified atom stereocenters. The molecule has 0 spiro atoms. The molecule has 2 aromatic rings. The molecule has 19 heavy (non-hydrogen) atoms. The molecular weight excluding hydrogens is 286 g/mol. The van der Waals surface area contributed by atoms with Gasteiger partial charge < -0.3 is 0 Å². The minimum Gasteiger partial charge on any atom is -0.281 e. The van der Waals surface area contributed by atoms with Crippen LogP contribution in [-0.4, -0.2) is 18.6 Å². The van der Waals surface area contributed by atoms with Crippen LogP contribution in [-0.2, 0) is 10.0 Å². The quantitative estimate of drug-likeness (QED) is 0.915. The molecule has 0 saturated carbocycles. The largest absolute Gasteiger partial charge is 0.281 e. The maximum Gasteiger partial charge on any atom is 0.265 e. The fraction of sp³-hybridized carbons (Fsp3) is 0.250. The van der Waals surface area contributed by atoms with E-state index >= 15 is 0 Å². The Kier molecular flexibility index (Phi) is 3.56. The van der Waals surface area contributed by atoms with Crippen molar-refractivity contribution in [2.45, 2.75) is 25.7 Å². The zero-order valence-corrected chi connectivity index (χ0v) is 12.4. The van der Waals surface area contributed by atoms with Gasteiger partial charge in [-0.25, -0.2) is 8.42 Å². The maximum atomic E-state index is 12.4. The summed E-state index contributed by atoms with van der Waals surface area (Å²) in [5.41, 5.74) is 2.07. The van der Waals surface area contributed by atoms with E-state index in [0.29, 0.717) is 22.1 Å². The third-order valence-corrected chi connectivity index (χ3v) is 4.71. The highest BCUT2D eigenvalue weighted by atomic mass is 35.5. The molecule has 0 amide bonds. The average molecular weight is 300 g/mol. The van der Waals surface area contributed by atoms with E-state index in [2.05, 4.69) is 14.9 Å². The van der Waals surface area contributed by atoms with Crippen LogP contribution in [0.4, 0.5) is 5.69 Å². The molecule has 1 aromatic carbocycles. The number of nitrogens with zero attached hydrogens (tertiary/aromatic N) is 1. The number of H-pyrrole nitrogens is 1. The van der Waals surface area contributed by atoms with E-state index in [9.17, 15) is 8.42 Å². The predicted octanol–water partition coefficient (Wildman–Crippen LogP) is 2.79. The first-order chi connectivity index (χ1) is 8.83. The van der Waals surface area contributed by atoms with Crippen molar-refractivity contribution in [1.82, 2.24) is 10.2 Å². The van der Waals surface area contributed by atoms with Crippen LogP contribution in [0.3, 0.4) is 0 Å². The van der Waals surface area contributed by atoms with Gasteiger partial charge in [-0.1, -0.05) is 23.7 Å². The van der Waals surface area contributed by atoms with Gasteiger partial charge in [0.25, 0.3) is 10.0 Å². The number of aromatic nitrogens is 2. The predicted molar refractivity (Wildman–Crippen MR) is 75.1 cm³/mol. The van der Waals surface area contributed by atoms with Crippen molar-refractivity contribution >= 4 is 27.3 Å². The highest BCUT2D eigenvalue weighted by Gasteiger charge is 2.23. The van der Waals surface area contributed by atoms with Crippen LogP contribution in [0.5, 0.6) is 0 Å². The summed E-state index contributed by atoms with van der Waals surface area (Å²) in [6.45, 7) is 5.09. The molecule has 0 saturated heterocycles. The summed E-state index contributed by atoms with van der Waals surface area (Å²) in [4.78, 5) is 0.159. The number of benzene rings is 1. The first-order valence-corrected chi connectivity index (χ1v) is 7.48. The fourth-order valence-electron chi connectivity index (χ4n) is 1.88. The molecule has 1 heterocycles. The summed E-state index contributed by atoms with van der Waals surface area (Å²) >= 11 is 6.03. The van der Waals surface area contributed by atoms with Crippen LogP contribution in [0.25, 0.3) is 0 Å².